The summed E-state index contributed by atoms with van der Waals surface area (Å²) in [6, 6.07) is -0.818. The van der Waals surface area contributed by atoms with E-state index in [1.807, 2.05) is 6.92 Å². The standard InChI is InChI=1S/C10H19NO3/c1-5-6-7(12)11-8(9(13)14)10(2,3)4/h8H,5-6H2,1-4H3,(H,11,12)(H,13,14)/t8-/m1/s1. The molecule has 0 aromatic heterocycles. The SMILES string of the molecule is CCCC(=O)N[C@H](C(=O)O)C(C)(C)C. The van der Waals surface area contributed by atoms with Crippen molar-refractivity contribution in [3.8, 4) is 0 Å². The van der Waals surface area contributed by atoms with Crippen LogP contribution in [0.3, 0.4) is 0 Å². The molecule has 1 atom stereocenters. The van der Waals surface area contributed by atoms with Crippen LogP contribution in [0, 0.1) is 5.41 Å². The first-order valence-electron chi connectivity index (χ1n) is 4.81. The summed E-state index contributed by atoms with van der Waals surface area (Å²) in [6.45, 7) is 7.25. The van der Waals surface area contributed by atoms with Gasteiger partial charge in [0.15, 0.2) is 0 Å². The molecule has 0 heterocycles. The van der Waals surface area contributed by atoms with Crippen molar-refractivity contribution in [2.24, 2.45) is 5.41 Å². The third-order valence-electron chi connectivity index (χ3n) is 1.90. The minimum atomic E-state index is -0.984. The summed E-state index contributed by atoms with van der Waals surface area (Å²) in [5, 5.41) is 11.4. The number of hydrogen-bond acceptors (Lipinski definition) is 2. The van der Waals surface area contributed by atoms with Gasteiger partial charge in [0.1, 0.15) is 6.04 Å². The van der Waals surface area contributed by atoms with Crippen molar-refractivity contribution >= 4 is 11.9 Å². The van der Waals surface area contributed by atoms with Gasteiger partial charge in [-0.15, -0.1) is 0 Å². The molecule has 0 bridgehead atoms. The summed E-state index contributed by atoms with van der Waals surface area (Å²) >= 11 is 0. The molecule has 0 aliphatic heterocycles. The van der Waals surface area contributed by atoms with Crippen molar-refractivity contribution in [2.45, 2.75) is 46.6 Å². The lowest BCUT2D eigenvalue weighted by molar-refractivity contribution is -0.144. The fourth-order valence-electron chi connectivity index (χ4n) is 1.11. The Morgan fingerprint density at radius 2 is 1.86 bits per heavy atom. The molecule has 4 heteroatoms. The molecule has 0 saturated heterocycles. The number of rotatable bonds is 4. The molecule has 0 unspecified atom stereocenters. The lowest BCUT2D eigenvalue weighted by atomic mass is 9.86. The molecule has 0 spiro atoms. The number of carbonyl (C=O) groups is 2. The normalized spacial score (nSPS) is 13.4. The predicted molar refractivity (Wildman–Crippen MR) is 53.9 cm³/mol. The van der Waals surface area contributed by atoms with Crippen LogP contribution in [0.1, 0.15) is 40.5 Å². The third kappa shape index (κ3) is 4.25. The van der Waals surface area contributed by atoms with E-state index in [4.69, 9.17) is 5.11 Å². The van der Waals surface area contributed by atoms with Gasteiger partial charge in [-0.3, -0.25) is 4.79 Å². The van der Waals surface area contributed by atoms with Crippen LogP contribution >= 0.6 is 0 Å². The van der Waals surface area contributed by atoms with Gasteiger partial charge in [-0.25, -0.2) is 4.79 Å². The average molecular weight is 201 g/mol. The Kier molecular flexibility index (Phi) is 4.60. The number of amides is 1. The maximum absolute atomic E-state index is 11.2. The Bertz CT molecular complexity index is 218. The first kappa shape index (κ1) is 12.9. The molecule has 82 valence electrons. The second-order valence-electron chi connectivity index (χ2n) is 4.45. The van der Waals surface area contributed by atoms with Crippen LogP contribution in [-0.4, -0.2) is 23.0 Å². The molecule has 0 radical (unpaired) electrons. The molecular weight excluding hydrogens is 182 g/mol. The highest BCUT2D eigenvalue weighted by molar-refractivity contribution is 5.84. The Balaban J connectivity index is 4.40. The Labute approximate surface area is 84.7 Å². The summed E-state index contributed by atoms with van der Waals surface area (Å²) in [5.74, 6) is -1.18. The van der Waals surface area contributed by atoms with Crippen molar-refractivity contribution in [1.82, 2.24) is 5.32 Å². The number of nitrogens with one attached hydrogen (secondary N) is 1. The number of carbonyl (C=O) groups excluding carboxylic acids is 1. The fourth-order valence-corrected chi connectivity index (χ4v) is 1.11. The monoisotopic (exact) mass is 201 g/mol. The largest absolute Gasteiger partial charge is 0.480 e. The zero-order chi connectivity index (χ0) is 11.4. The van der Waals surface area contributed by atoms with Crippen LogP contribution in [0.5, 0.6) is 0 Å². The number of carboxylic acid groups (broad SMARTS) is 1. The zero-order valence-electron chi connectivity index (χ0n) is 9.26. The molecule has 4 nitrogen and oxygen atoms in total. The lowest BCUT2D eigenvalue weighted by Gasteiger charge is -2.27. The van der Waals surface area contributed by atoms with E-state index in [0.29, 0.717) is 6.42 Å². The van der Waals surface area contributed by atoms with Gasteiger partial charge in [0.2, 0.25) is 5.91 Å². The van der Waals surface area contributed by atoms with E-state index in [9.17, 15) is 9.59 Å². The van der Waals surface area contributed by atoms with E-state index in [1.165, 1.54) is 0 Å². The van der Waals surface area contributed by atoms with Crippen LogP contribution < -0.4 is 5.32 Å². The van der Waals surface area contributed by atoms with Gasteiger partial charge in [0.05, 0.1) is 0 Å². The predicted octanol–water partition coefficient (Wildman–Crippen LogP) is 1.40. The highest BCUT2D eigenvalue weighted by Crippen LogP contribution is 2.19. The van der Waals surface area contributed by atoms with Crippen LogP contribution in [0.15, 0.2) is 0 Å². The summed E-state index contributed by atoms with van der Waals surface area (Å²) in [7, 11) is 0. The quantitative estimate of drug-likeness (QED) is 0.722. The van der Waals surface area contributed by atoms with Crippen molar-refractivity contribution in [3.05, 3.63) is 0 Å². The molecule has 0 aliphatic rings. The summed E-state index contributed by atoms with van der Waals surface area (Å²) in [6.07, 6.45) is 1.10. The Hall–Kier alpha value is -1.06. The number of carboxylic acids is 1. The maximum atomic E-state index is 11.2. The average Bonchev–Trinajstić information content (AvgIpc) is 1.98. The third-order valence-corrected chi connectivity index (χ3v) is 1.90. The smallest absolute Gasteiger partial charge is 0.326 e. The second kappa shape index (κ2) is 4.98. The fraction of sp³-hybridized carbons (Fsp3) is 0.800. The molecule has 14 heavy (non-hydrogen) atoms. The molecule has 1 amide bonds. The van der Waals surface area contributed by atoms with E-state index in [-0.39, 0.29) is 5.91 Å². The second-order valence-corrected chi connectivity index (χ2v) is 4.45. The van der Waals surface area contributed by atoms with Crippen molar-refractivity contribution < 1.29 is 14.7 Å². The molecule has 0 saturated carbocycles. The molecule has 0 aromatic carbocycles. The van der Waals surface area contributed by atoms with Crippen molar-refractivity contribution in [3.63, 3.8) is 0 Å². The lowest BCUT2D eigenvalue weighted by Crippen LogP contribution is -2.49. The molecule has 0 aromatic rings. The Morgan fingerprint density at radius 3 is 2.14 bits per heavy atom. The van der Waals surface area contributed by atoms with Crippen LogP contribution in [0.2, 0.25) is 0 Å². The van der Waals surface area contributed by atoms with Gasteiger partial charge in [-0.1, -0.05) is 27.7 Å². The van der Waals surface area contributed by atoms with E-state index in [2.05, 4.69) is 5.32 Å². The van der Waals surface area contributed by atoms with Gasteiger partial charge in [0.25, 0.3) is 0 Å². The highest BCUT2D eigenvalue weighted by atomic mass is 16.4. The summed E-state index contributed by atoms with van der Waals surface area (Å²) in [5.41, 5.74) is -0.463. The number of aliphatic carboxylic acids is 1. The van der Waals surface area contributed by atoms with Gasteiger partial charge in [-0.2, -0.15) is 0 Å². The first-order chi connectivity index (χ1) is 6.29. The van der Waals surface area contributed by atoms with E-state index in [0.717, 1.165) is 6.42 Å². The summed E-state index contributed by atoms with van der Waals surface area (Å²) < 4.78 is 0. The van der Waals surface area contributed by atoms with E-state index in [1.54, 1.807) is 20.8 Å². The van der Waals surface area contributed by atoms with E-state index >= 15 is 0 Å². The van der Waals surface area contributed by atoms with Crippen LogP contribution in [0.25, 0.3) is 0 Å². The molecule has 2 N–H and O–H groups in total. The van der Waals surface area contributed by atoms with Crippen LogP contribution in [0.4, 0.5) is 0 Å². The summed E-state index contributed by atoms with van der Waals surface area (Å²) in [4.78, 5) is 22.1. The van der Waals surface area contributed by atoms with Crippen LogP contribution in [-0.2, 0) is 9.59 Å². The van der Waals surface area contributed by atoms with Gasteiger partial charge in [0, 0.05) is 6.42 Å². The van der Waals surface area contributed by atoms with Gasteiger partial charge >= 0.3 is 5.97 Å². The molecular formula is C10H19NO3. The minimum Gasteiger partial charge on any atom is -0.480 e. The molecule has 0 fully saturated rings. The van der Waals surface area contributed by atoms with Crippen molar-refractivity contribution in [2.75, 3.05) is 0 Å². The minimum absolute atomic E-state index is 0.199. The van der Waals surface area contributed by atoms with Gasteiger partial charge < -0.3 is 10.4 Å². The van der Waals surface area contributed by atoms with E-state index < -0.39 is 17.4 Å². The zero-order valence-corrected chi connectivity index (χ0v) is 9.26. The van der Waals surface area contributed by atoms with Crippen molar-refractivity contribution in [1.29, 1.82) is 0 Å². The molecule has 0 rings (SSSR count). The topological polar surface area (TPSA) is 66.4 Å². The maximum Gasteiger partial charge on any atom is 0.326 e. The van der Waals surface area contributed by atoms with Gasteiger partial charge in [-0.05, 0) is 11.8 Å². The Morgan fingerprint density at radius 1 is 1.36 bits per heavy atom. The molecule has 0 aliphatic carbocycles. The highest BCUT2D eigenvalue weighted by Gasteiger charge is 2.32. The first-order valence-corrected chi connectivity index (χ1v) is 4.81. The number of hydrogen-bond donors (Lipinski definition) is 2.